The lowest BCUT2D eigenvalue weighted by Gasteiger charge is -2.26. The molecule has 1 amide bonds. The molecule has 2 aromatic heterocycles. The van der Waals surface area contributed by atoms with Gasteiger partial charge in [-0.05, 0) is 64.3 Å². The quantitative estimate of drug-likeness (QED) is 0.353. The van der Waals surface area contributed by atoms with Gasteiger partial charge >= 0.3 is 0 Å². The van der Waals surface area contributed by atoms with Crippen LogP contribution in [0.4, 0.5) is 21.7 Å². The summed E-state index contributed by atoms with van der Waals surface area (Å²) >= 11 is 6.48. The van der Waals surface area contributed by atoms with E-state index >= 15 is 4.39 Å². The van der Waals surface area contributed by atoms with E-state index in [9.17, 15) is 4.79 Å². The Bertz CT molecular complexity index is 1490. The van der Waals surface area contributed by atoms with E-state index in [1.54, 1.807) is 4.90 Å². The van der Waals surface area contributed by atoms with Crippen molar-refractivity contribution in [1.29, 1.82) is 0 Å². The molecule has 198 valence electrons. The van der Waals surface area contributed by atoms with Gasteiger partial charge in [0.2, 0.25) is 5.95 Å². The van der Waals surface area contributed by atoms with Crippen molar-refractivity contribution in [2.24, 2.45) is 0 Å². The molecule has 38 heavy (non-hydrogen) atoms. The molecule has 0 aliphatic carbocycles. The van der Waals surface area contributed by atoms with Gasteiger partial charge in [-0.3, -0.25) is 4.79 Å². The lowest BCUT2D eigenvalue weighted by atomic mass is 10.1. The zero-order valence-corrected chi connectivity index (χ0v) is 22.5. The van der Waals surface area contributed by atoms with Crippen LogP contribution in [0.3, 0.4) is 0 Å². The van der Waals surface area contributed by atoms with Crippen LogP contribution >= 0.6 is 11.6 Å². The predicted octanol–water partition coefficient (Wildman–Crippen LogP) is 5.04. The first-order chi connectivity index (χ1) is 18.2. The van der Waals surface area contributed by atoms with Crippen LogP contribution in [-0.2, 0) is 16.1 Å². The van der Waals surface area contributed by atoms with E-state index < -0.39 is 5.82 Å². The Hall–Kier alpha value is -3.60. The van der Waals surface area contributed by atoms with Crippen LogP contribution < -0.4 is 10.2 Å². The third-order valence-corrected chi connectivity index (χ3v) is 6.51. The molecular weight excluding hydrogens is 509 g/mol. The molecule has 2 aromatic carbocycles. The van der Waals surface area contributed by atoms with E-state index in [1.807, 2.05) is 67.7 Å². The van der Waals surface area contributed by atoms with Crippen molar-refractivity contribution in [2.45, 2.75) is 26.4 Å². The molecule has 0 radical (unpaired) electrons. The second-order valence-corrected chi connectivity index (χ2v) is 10.1. The average Bonchev–Trinajstić information content (AvgIpc) is 3.24. The molecule has 1 fully saturated rings. The standard InChI is InChI=1S/C27H29ClFN7O2/c1-16(2)36-22-12-17(11-21(29)26(22)32-23(36)14-34(3)4)25-20(28)13-30-27(33-25)31-18-5-7-19(8-6-18)35-9-10-38-15-24(35)37/h5-8,11-13,16H,9-10,14-15H2,1-4H3,(H,30,31,33). The summed E-state index contributed by atoms with van der Waals surface area (Å²) in [4.78, 5) is 29.3. The van der Waals surface area contributed by atoms with Crippen LogP contribution in [0.2, 0.25) is 5.02 Å². The minimum Gasteiger partial charge on any atom is -0.370 e. The number of hydrogen-bond acceptors (Lipinski definition) is 7. The molecule has 1 saturated heterocycles. The number of anilines is 3. The number of fused-ring (bicyclic) bond motifs is 1. The number of carbonyl (C=O) groups is 1. The van der Waals surface area contributed by atoms with Gasteiger partial charge in [-0.25, -0.2) is 19.3 Å². The normalized spacial score (nSPS) is 14.2. The van der Waals surface area contributed by atoms with Gasteiger partial charge in [0.25, 0.3) is 5.91 Å². The van der Waals surface area contributed by atoms with Crippen LogP contribution in [0.25, 0.3) is 22.3 Å². The summed E-state index contributed by atoms with van der Waals surface area (Å²) in [6, 6.07) is 10.7. The number of nitrogens with zero attached hydrogens (tertiary/aromatic N) is 6. The van der Waals surface area contributed by atoms with Gasteiger partial charge in [0.15, 0.2) is 5.82 Å². The minimum absolute atomic E-state index is 0.0699. The van der Waals surface area contributed by atoms with E-state index in [0.29, 0.717) is 53.0 Å². The van der Waals surface area contributed by atoms with Gasteiger partial charge in [-0.15, -0.1) is 0 Å². The Balaban J connectivity index is 1.46. The molecule has 0 spiro atoms. The van der Waals surface area contributed by atoms with Gasteiger partial charge in [-0.1, -0.05) is 11.6 Å². The fourth-order valence-corrected chi connectivity index (χ4v) is 4.78. The Kier molecular flexibility index (Phi) is 7.29. The zero-order chi connectivity index (χ0) is 27.0. The number of morpholine rings is 1. The van der Waals surface area contributed by atoms with Gasteiger partial charge in [0.05, 0.1) is 35.6 Å². The van der Waals surface area contributed by atoms with Gasteiger partial charge in [0.1, 0.15) is 17.9 Å². The van der Waals surface area contributed by atoms with Crippen LogP contribution in [0.15, 0.2) is 42.6 Å². The number of aromatic nitrogens is 4. The first-order valence-corrected chi connectivity index (χ1v) is 12.7. The smallest absolute Gasteiger partial charge is 0.253 e. The van der Waals surface area contributed by atoms with Crippen molar-refractivity contribution in [3.05, 3.63) is 59.3 Å². The van der Waals surface area contributed by atoms with Gasteiger partial charge in [-0.2, -0.15) is 0 Å². The molecule has 1 N–H and O–H groups in total. The average molecular weight is 538 g/mol. The van der Waals surface area contributed by atoms with Crippen molar-refractivity contribution < 1.29 is 13.9 Å². The fraction of sp³-hybridized carbons (Fsp3) is 0.333. The van der Waals surface area contributed by atoms with Crippen molar-refractivity contribution in [3.8, 4) is 11.3 Å². The monoisotopic (exact) mass is 537 g/mol. The Morgan fingerprint density at radius 3 is 2.63 bits per heavy atom. The maximum absolute atomic E-state index is 15.3. The predicted molar refractivity (Wildman–Crippen MR) is 146 cm³/mol. The molecule has 0 unspecified atom stereocenters. The van der Waals surface area contributed by atoms with E-state index in [4.69, 9.17) is 16.3 Å². The summed E-state index contributed by atoms with van der Waals surface area (Å²) in [5.74, 6) is 0.592. The van der Waals surface area contributed by atoms with Crippen LogP contribution in [0, 0.1) is 5.82 Å². The van der Waals surface area contributed by atoms with Gasteiger partial charge < -0.3 is 24.4 Å². The highest BCUT2D eigenvalue weighted by Crippen LogP contribution is 2.33. The molecule has 0 atom stereocenters. The summed E-state index contributed by atoms with van der Waals surface area (Å²) < 4.78 is 22.5. The van der Waals surface area contributed by atoms with Crippen molar-refractivity contribution in [3.63, 3.8) is 0 Å². The third kappa shape index (κ3) is 5.20. The third-order valence-electron chi connectivity index (χ3n) is 6.23. The lowest BCUT2D eigenvalue weighted by molar-refractivity contribution is -0.125. The highest BCUT2D eigenvalue weighted by molar-refractivity contribution is 6.33. The molecule has 5 rings (SSSR count). The maximum Gasteiger partial charge on any atom is 0.253 e. The summed E-state index contributed by atoms with van der Waals surface area (Å²) in [5, 5.41) is 3.47. The van der Waals surface area contributed by atoms with E-state index in [-0.39, 0.29) is 18.6 Å². The molecule has 9 nitrogen and oxygen atoms in total. The number of imidazole rings is 1. The number of amides is 1. The van der Waals surface area contributed by atoms with Crippen molar-refractivity contribution in [2.75, 3.05) is 44.1 Å². The Morgan fingerprint density at radius 2 is 1.95 bits per heavy atom. The number of benzene rings is 2. The molecule has 0 saturated carbocycles. The first kappa shape index (κ1) is 26.0. The summed E-state index contributed by atoms with van der Waals surface area (Å²) in [6.45, 7) is 5.79. The molecular formula is C27H29ClFN7O2. The van der Waals surface area contributed by atoms with E-state index in [2.05, 4.69) is 20.3 Å². The summed E-state index contributed by atoms with van der Waals surface area (Å²) in [7, 11) is 3.91. The molecule has 4 aromatic rings. The largest absolute Gasteiger partial charge is 0.370 e. The first-order valence-electron chi connectivity index (χ1n) is 12.3. The van der Waals surface area contributed by atoms with E-state index in [0.717, 1.165) is 17.2 Å². The SMILES string of the molecule is CC(C)n1c(CN(C)C)nc2c(F)cc(-c3nc(Nc4ccc(N5CCOCC5=O)cc4)ncc3Cl)cc21. The van der Waals surface area contributed by atoms with Crippen LogP contribution in [-0.4, -0.2) is 64.2 Å². The van der Waals surface area contributed by atoms with Crippen LogP contribution in [0.1, 0.15) is 25.7 Å². The van der Waals surface area contributed by atoms with Crippen molar-refractivity contribution in [1.82, 2.24) is 24.4 Å². The topological polar surface area (TPSA) is 88.4 Å². The van der Waals surface area contributed by atoms with Crippen molar-refractivity contribution >= 4 is 45.9 Å². The zero-order valence-electron chi connectivity index (χ0n) is 21.7. The number of ether oxygens (including phenoxy) is 1. The maximum atomic E-state index is 15.3. The number of nitrogens with one attached hydrogen (secondary N) is 1. The van der Waals surface area contributed by atoms with E-state index in [1.165, 1.54) is 12.3 Å². The number of halogens is 2. The van der Waals surface area contributed by atoms with Crippen LogP contribution in [0.5, 0.6) is 0 Å². The minimum atomic E-state index is -0.436. The highest BCUT2D eigenvalue weighted by Gasteiger charge is 2.21. The molecule has 3 heterocycles. The summed E-state index contributed by atoms with van der Waals surface area (Å²) in [6.07, 6.45) is 1.49. The molecule has 1 aliphatic rings. The number of hydrogen-bond donors (Lipinski definition) is 1. The van der Waals surface area contributed by atoms with Gasteiger partial charge in [0, 0.05) is 29.5 Å². The highest BCUT2D eigenvalue weighted by atomic mass is 35.5. The lowest BCUT2D eigenvalue weighted by Crippen LogP contribution is -2.41. The Morgan fingerprint density at radius 1 is 1.18 bits per heavy atom. The Labute approximate surface area is 225 Å². The molecule has 1 aliphatic heterocycles. The number of carbonyl (C=O) groups excluding carboxylic acids is 1. The molecule has 0 bridgehead atoms. The molecule has 11 heteroatoms. The fourth-order valence-electron chi connectivity index (χ4n) is 4.58. The second kappa shape index (κ2) is 10.6. The summed E-state index contributed by atoms with van der Waals surface area (Å²) in [5.41, 5.74) is 3.47. The second-order valence-electron chi connectivity index (χ2n) is 9.72. The number of rotatable bonds is 7.